The van der Waals surface area contributed by atoms with Crippen molar-refractivity contribution >= 4 is 23.4 Å². The molecule has 1 saturated carbocycles. The molecule has 1 aromatic carbocycles. The number of aromatic nitrogens is 1. The first-order chi connectivity index (χ1) is 12.3. The lowest BCUT2D eigenvalue weighted by Crippen LogP contribution is -2.17. The maximum Gasteiger partial charge on any atom is 0.258 e. The predicted molar refractivity (Wildman–Crippen MR) is 97.7 cm³/mol. The van der Waals surface area contributed by atoms with Crippen LogP contribution in [0, 0.1) is 0 Å². The van der Waals surface area contributed by atoms with Crippen LogP contribution in [0.1, 0.15) is 36.0 Å². The molecule has 4 rings (SSSR count). The Kier molecular flexibility index (Phi) is 4.78. The van der Waals surface area contributed by atoms with Crippen LogP contribution in [0.2, 0.25) is 0 Å². The lowest BCUT2D eigenvalue weighted by molar-refractivity contribution is 0.102. The summed E-state index contributed by atoms with van der Waals surface area (Å²) in [6.07, 6.45) is 6.68. The molecule has 1 fully saturated rings. The molecule has 130 valence electrons. The summed E-state index contributed by atoms with van der Waals surface area (Å²) in [4.78, 5) is 17.2. The molecule has 0 unspecified atom stereocenters. The van der Waals surface area contributed by atoms with Crippen LogP contribution in [0.5, 0.6) is 11.5 Å². The highest BCUT2D eigenvalue weighted by molar-refractivity contribution is 7.99. The zero-order chi connectivity index (χ0) is 17.1. The van der Waals surface area contributed by atoms with Gasteiger partial charge in [-0.25, -0.2) is 4.98 Å². The average Bonchev–Trinajstić information content (AvgIpc) is 3.15. The number of anilines is 1. The van der Waals surface area contributed by atoms with E-state index in [4.69, 9.17) is 9.47 Å². The van der Waals surface area contributed by atoms with Gasteiger partial charge in [0.25, 0.3) is 5.91 Å². The fraction of sp³-hybridized carbons (Fsp3) is 0.368. The summed E-state index contributed by atoms with van der Waals surface area (Å²) in [5, 5.41) is 4.32. The Hall–Kier alpha value is -2.21. The van der Waals surface area contributed by atoms with Crippen molar-refractivity contribution < 1.29 is 14.3 Å². The molecule has 1 N–H and O–H groups in total. The second-order valence-electron chi connectivity index (χ2n) is 6.19. The third-order valence-electron chi connectivity index (χ3n) is 4.40. The Balaban J connectivity index is 1.51. The summed E-state index contributed by atoms with van der Waals surface area (Å²) in [7, 11) is 0. The van der Waals surface area contributed by atoms with Crippen LogP contribution in [-0.4, -0.2) is 29.4 Å². The van der Waals surface area contributed by atoms with Crippen LogP contribution in [-0.2, 0) is 0 Å². The van der Waals surface area contributed by atoms with Crippen molar-refractivity contribution in [2.45, 2.75) is 36.0 Å². The number of pyridine rings is 1. The molecule has 5 nitrogen and oxygen atoms in total. The lowest BCUT2D eigenvalue weighted by Gasteiger charge is -2.19. The van der Waals surface area contributed by atoms with E-state index >= 15 is 0 Å². The van der Waals surface area contributed by atoms with Crippen molar-refractivity contribution in [3.63, 3.8) is 0 Å². The van der Waals surface area contributed by atoms with E-state index < -0.39 is 0 Å². The topological polar surface area (TPSA) is 60.5 Å². The third-order valence-corrected chi connectivity index (χ3v) is 5.75. The number of thioether (sulfide) groups is 1. The first kappa shape index (κ1) is 16.3. The molecule has 2 aromatic rings. The standard InChI is InChI=1S/C19H20N2O3S/c22-18(21-13-7-8-16-17(12-13)24-11-10-23-16)15-6-3-9-20-19(15)25-14-4-1-2-5-14/h3,6-9,12,14H,1-2,4-5,10-11H2,(H,21,22). The Labute approximate surface area is 151 Å². The van der Waals surface area contributed by atoms with Crippen LogP contribution in [0.25, 0.3) is 0 Å². The fourth-order valence-electron chi connectivity index (χ4n) is 3.14. The Bertz CT molecular complexity index is 775. The van der Waals surface area contributed by atoms with Gasteiger partial charge in [0, 0.05) is 23.2 Å². The minimum atomic E-state index is -0.148. The van der Waals surface area contributed by atoms with Crippen molar-refractivity contribution in [3.8, 4) is 11.5 Å². The van der Waals surface area contributed by atoms with Crippen LogP contribution < -0.4 is 14.8 Å². The number of benzene rings is 1. The smallest absolute Gasteiger partial charge is 0.258 e. The molecule has 1 aliphatic heterocycles. The summed E-state index contributed by atoms with van der Waals surface area (Å²) < 4.78 is 11.1. The third kappa shape index (κ3) is 3.74. The second-order valence-corrected chi connectivity index (χ2v) is 7.48. The molecule has 0 radical (unpaired) electrons. The molecule has 2 heterocycles. The quantitative estimate of drug-likeness (QED) is 0.892. The number of nitrogens with one attached hydrogen (secondary N) is 1. The van der Waals surface area contributed by atoms with Gasteiger partial charge in [-0.1, -0.05) is 12.8 Å². The van der Waals surface area contributed by atoms with E-state index in [9.17, 15) is 4.79 Å². The summed E-state index contributed by atoms with van der Waals surface area (Å²) in [6, 6.07) is 9.08. The predicted octanol–water partition coefficient (Wildman–Crippen LogP) is 4.14. The van der Waals surface area contributed by atoms with Crippen LogP contribution in [0.4, 0.5) is 5.69 Å². The van der Waals surface area contributed by atoms with Crippen LogP contribution >= 0.6 is 11.8 Å². The number of hydrogen-bond donors (Lipinski definition) is 1. The number of amides is 1. The van der Waals surface area contributed by atoms with E-state index in [-0.39, 0.29) is 5.91 Å². The number of carbonyl (C=O) groups excluding carboxylic acids is 1. The van der Waals surface area contributed by atoms with Gasteiger partial charge in [-0.3, -0.25) is 4.79 Å². The number of nitrogens with zero attached hydrogens (tertiary/aromatic N) is 1. The molecule has 1 aliphatic carbocycles. The second kappa shape index (κ2) is 7.35. The van der Waals surface area contributed by atoms with Crippen molar-refractivity contribution in [2.75, 3.05) is 18.5 Å². The summed E-state index contributed by atoms with van der Waals surface area (Å²) >= 11 is 1.72. The first-order valence-electron chi connectivity index (χ1n) is 8.62. The molecule has 25 heavy (non-hydrogen) atoms. The molecule has 0 spiro atoms. The molecule has 1 aromatic heterocycles. The Morgan fingerprint density at radius 3 is 2.76 bits per heavy atom. The zero-order valence-corrected chi connectivity index (χ0v) is 14.7. The van der Waals surface area contributed by atoms with Gasteiger partial charge in [0.05, 0.1) is 5.56 Å². The van der Waals surface area contributed by atoms with Crippen molar-refractivity contribution in [3.05, 3.63) is 42.1 Å². The van der Waals surface area contributed by atoms with Gasteiger partial charge in [0.15, 0.2) is 11.5 Å². The van der Waals surface area contributed by atoms with Crippen molar-refractivity contribution in [2.24, 2.45) is 0 Å². The minimum absolute atomic E-state index is 0.148. The average molecular weight is 356 g/mol. The zero-order valence-electron chi connectivity index (χ0n) is 13.9. The number of fused-ring (bicyclic) bond motifs is 1. The number of carbonyl (C=O) groups is 1. The SMILES string of the molecule is O=C(Nc1ccc2c(c1)OCCO2)c1cccnc1SC1CCCC1. The van der Waals surface area contributed by atoms with Crippen LogP contribution in [0.15, 0.2) is 41.6 Å². The van der Waals surface area contributed by atoms with E-state index in [1.54, 1.807) is 30.1 Å². The number of hydrogen-bond acceptors (Lipinski definition) is 5. The van der Waals surface area contributed by atoms with E-state index in [0.29, 0.717) is 41.2 Å². The Morgan fingerprint density at radius 2 is 1.92 bits per heavy atom. The van der Waals surface area contributed by atoms with Gasteiger partial charge in [0.2, 0.25) is 0 Å². The van der Waals surface area contributed by atoms with E-state index in [0.717, 1.165) is 5.03 Å². The maximum atomic E-state index is 12.7. The van der Waals surface area contributed by atoms with E-state index in [1.807, 2.05) is 18.2 Å². The van der Waals surface area contributed by atoms with E-state index in [2.05, 4.69) is 10.3 Å². The molecular formula is C19H20N2O3S. The summed E-state index contributed by atoms with van der Waals surface area (Å²) in [5.74, 6) is 1.23. The molecule has 0 saturated heterocycles. The monoisotopic (exact) mass is 356 g/mol. The largest absolute Gasteiger partial charge is 0.486 e. The number of ether oxygens (including phenoxy) is 2. The van der Waals surface area contributed by atoms with E-state index in [1.165, 1.54) is 25.7 Å². The molecule has 0 atom stereocenters. The van der Waals surface area contributed by atoms with Crippen molar-refractivity contribution in [1.82, 2.24) is 4.98 Å². The lowest BCUT2D eigenvalue weighted by atomic mass is 10.2. The van der Waals surface area contributed by atoms with Gasteiger partial charge in [-0.2, -0.15) is 0 Å². The van der Waals surface area contributed by atoms with Gasteiger partial charge in [-0.05, 0) is 37.1 Å². The van der Waals surface area contributed by atoms with Crippen LogP contribution in [0.3, 0.4) is 0 Å². The Morgan fingerprint density at radius 1 is 1.12 bits per heavy atom. The van der Waals surface area contributed by atoms with Crippen molar-refractivity contribution in [1.29, 1.82) is 0 Å². The van der Waals surface area contributed by atoms with Gasteiger partial charge in [0.1, 0.15) is 18.2 Å². The molecule has 6 heteroatoms. The maximum absolute atomic E-state index is 12.7. The van der Waals surface area contributed by atoms with Gasteiger partial charge in [-0.15, -0.1) is 11.8 Å². The highest BCUT2D eigenvalue weighted by Crippen LogP contribution is 2.36. The van der Waals surface area contributed by atoms with Gasteiger partial charge >= 0.3 is 0 Å². The normalized spacial score (nSPS) is 16.6. The first-order valence-corrected chi connectivity index (χ1v) is 9.50. The molecule has 1 amide bonds. The van der Waals surface area contributed by atoms with Gasteiger partial charge < -0.3 is 14.8 Å². The molecule has 2 aliphatic rings. The molecule has 0 bridgehead atoms. The summed E-state index contributed by atoms with van der Waals surface area (Å²) in [5.41, 5.74) is 1.31. The summed E-state index contributed by atoms with van der Waals surface area (Å²) in [6.45, 7) is 1.07. The molecular weight excluding hydrogens is 336 g/mol. The minimum Gasteiger partial charge on any atom is -0.486 e. The highest BCUT2D eigenvalue weighted by Gasteiger charge is 2.21. The number of rotatable bonds is 4. The highest BCUT2D eigenvalue weighted by atomic mass is 32.2. The fourth-order valence-corrected chi connectivity index (χ4v) is 4.44.